The van der Waals surface area contributed by atoms with Crippen molar-refractivity contribution in [1.29, 1.82) is 0 Å². The highest BCUT2D eigenvalue weighted by Gasteiger charge is 2.24. The summed E-state index contributed by atoms with van der Waals surface area (Å²) in [6.45, 7) is 2.41. The third kappa shape index (κ3) is 4.63. The molecule has 0 amide bonds. The molecule has 116 valence electrons. The number of aromatic nitrogens is 1. The lowest BCUT2D eigenvalue weighted by molar-refractivity contribution is 0.00223. The van der Waals surface area contributed by atoms with Gasteiger partial charge in [0, 0.05) is 24.8 Å². The number of halogens is 2. The van der Waals surface area contributed by atoms with Gasteiger partial charge in [0.05, 0.1) is 12.1 Å². The molecule has 0 saturated carbocycles. The number of piperidine rings is 1. The SMILES string of the molecule is Cc1cc(C(=O)OC2CCN(CC(F)F)CC2)cc(=O)[nH]1. The van der Waals surface area contributed by atoms with Crippen LogP contribution in [0.4, 0.5) is 8.78 Å². The zero-order valence-corrected chi connectivity index (χ0v) is 11.8. The summed E-state index contributed by atoms with van der Waals surface area (Å²) < 4.78 is 29.9. The van der Waals surface area contributed by atoms with E-state index in [4.69, 9.17) is 4.74 Å². The number of aryl methyl sites for hydroxylation is 1. The number of H-pyrrole nitrogens is 1. The Balaban J connectivity index is 1.88. The molecule has 7 heteroatoms. The topological polar surface area (TPSA) is 62.4 Å². The zero-order chi connectivity index (χ0) is 15.4. The first-order valence-electron chi connectivity index (χ1n) is 6.86. The minimum atomic E-state index is -2.34. The molecule has 2 rings (SSSR count). The van der Waals surface area contributed by atoms with E-state index in [0.29, 0.717) is 31.6 Å². The second-order valence-electron chi connectivity index (χ2n) is 5.21. The van der Waals surface area contributed by atoms with Gasteiger partial charge in [0.15, 0.2) is 0 Å². The van der Waals surface area contributed by atoms with E-state index in [1.165, 1.54) is 6.07 Å². The number of pyridine rings is 1. The van der Waals surface area contributed by atoms with Gasteiger partial charge >= 0.3 is 5.97 Å². The van der Waals surface area contributed by atoms with E-state index >= 15 is 0 Å². The Morgan fingerprint density at radius 2 is 2.10 bits per heavy atom. The fraction of sp³-hybridized carbons (Fsp3) is 0.571. The standard InChI is InChI=1S/C14H18F2N2O3/c1-9-6-10(7-13(19)17-9)14(20)21-11-2-4-18(5-3-11)8-12(15)16/h6-7,11-12H,2-5,8H2,1H3,(H,17,19). The molecule has 1 N–H and O–H groups in total. The summed E-state index contributed by atoms with van der Waals surface area (Å²) in [4.78, 5) is 27.5. The smallest absolute Gasteiger partial charge is 0.338 e. The molecule has 5 nitrogen and oxygen atoms in total. The molecule has 0 aliphatic carbocycles. The minimum absolute atomic E-state index is 0.214. The number of hydrogen-bond acceptors (Lipinski definition) is 4. The van der Waals surface area contributed by atoms with Gasteiger partial charge in [0.1, 0.15) is 6.10 Å². The number of ether oxygens (including phenoxy) is 1. The second-order valence-corrected chi connectivity index (χ2v) is 5.21. The van der Waals surface area contributed by atoms with Gasteiger partial charge in [0.2, 0.25) is 5.56 Å². The van der Waals surface area contributed by atoms with E-state index in [1.807, 2.05) is 0 Å². The van der Waals surface area contributed by atoms with Gasteiger partial charge in [-0.1, -0.05) is 0 Å². The molecule has 1 saturated heterocycles. The van der Waals surface area contributed by atoms with Crippen LogP contribution in [0.5, 0.6) is 0 Å². The predicted octanol–water partition coefficient (Wildman–Crippen LogP) is 1.57. The van der Waals surface area contributed by atoms with Crippen LogP contribution in [0.25, 0.3) is 0 Å². The first-order valence-corrected chi connectivity index (χ1v) is 6.86. The summed E-state index contributed by atoms with van der Waals surface area (Å²) in [5, 5.41) is 0. The molecule has 1 aliphatic rings. The van der Waals surface area contributed by atoms with Crippen LogP contribution >= 0.6 is 0 Å². The molecule has 21 heavy (non-hydrogen) atoms. The predicted molar refractivity (Wildman–Crippen MR) is 72.7 cm³/mol. The number of carbonyl (C=O) groups is 1. The average Bonchev–Trinajstić information content (AvgIpc) is 2.39. The zero-order valence-electron chi connectivity index (χ0n) is 11.8. The molecular formula is C14H18F2N2O3. The summed E-state index contributed by atoms with van der Waals surface area (Å²) in [5.41, 5.74) is 0.446. The van der Waals surface area contributed by atoms with Gasteiger partial charge in [-0.15, -0.1) is 0 Å². The normalized spacial score (nSPS) is 17.1. The molecule has 0 atom stereocenters. The molecule has 1 fully saturated rings. The molecule has 1 aromatic heterocycles. The Labute approximate surface area is 120 Å². The summed E-state index contributed by atoms with van der Waals surface area (Å²) in [5.74, 6) is -0.545. The largest absolute Gasteiger partial charge is 0.459 e. The van der Waals surface area contributed by atoms with E-state index in [9.17, 15) is 18.4 Å². The molecule has 1 aliphatic heterocycles. The summed E-state index contributed by atoms with van der Waals surface area (Å²) in [7, 11) is 0. The molecule has 0 spiro atoms. The van der Waals surface area contributed by atoms with E-state index < -0.39 is 12.4 Å². The maximum absolute atomic E-state index is 12.3. The van der Waals surface area contributed by atoms with Gasteiger partial charge < -0.3 is 9.72 Å². The Morgan fingerprint density at radius 1 is 1.43 bits per heavy atom. The molecular weight excluding hydrogens is 282 g/mol. The number of esters is 1. The van der Waals surface area contributed by atoms with Crippen molar-refractivity contribution in [2.75, 3.05) is 19.6 Å². The van der Waals surface area contributed by atoms with Crippen LogP contribution < -0.4 is 5.56 Å². The Hall–Kier alpha value is -1.76. The molecule has 0 aromatic carbocycles. The molecule has 0 radical (unpaired) electrons. The summed E-state index contributed by atoms with van der Waals surface area (Å²) in [6.07, 6.45) is -1.57. The number of alkyl halides is 2. The van der Waals surface area contributed by atoms with Crippen LogP contribution in [0, 0.1) is 6.92 Å². The van der Waals surface area contributed by atoms with E-state index in [0.717, 1.165) is 0 Å². The number of carbonyl (C=O) groups excluding carboxylic acids is 1. The lowest BCUT2D eigenvalue weighted by Gasteiger charge is -2.31. The number of aromatic amines is 1. The fourth-order valence-electron chi connectivity index (χ4n) is 2.42. The summed E-state index contributed by atoms with van der Waals surface area (Å²) in [6, 6.07) is 2.75. The Morgan fingerprint density at radius 3 is 2.67 bits per heavy atom. The van der Waals surface area contributed by atoms with Crippen LogP contribution in [0.1, 0.15) is 28.9 Å². The van der Waals surface area contributed by atoms with Crippen molar-refractivity contribution in [1.82, 2.24) is 9.88 Å². The van der Waals surface area contributed by atoms with Gasteiger partial charge in [-0.25, -0.2) is 13.6 Å². The fourth-order valence-corrected chi connectivity index (χ4v) is 2.42. The lowest BCUT2D eigenvalue weighted by Crippen LogP contribution is -2.40. The maximum Gasteiger partial charge on any atom is 0.338 e. The summed E-state index contributed by atoms with van der Waals surface area (Å²) >= 11 is 0. The molecule has 2 heterocycles. The van der Waals surface area contributed by atoms with Crippen molar-refractivity contribution >= 4 is 5.97 Å². The third-order valence-corrected chi connectivity index (χ3v) is 3.42. The minimum Gasteiger partial charge on any atom is -0.459 e. The highest BCUT2D eigenvalue weighted by Crippen LogP contribution is 2.16. The molecule has 0 unspecified atom stereocenters. The second kappa shape index (κ2) is 6.80. The van der Waals surface area contributed by atoms with Crippen molar-refractivity contribution in [3.63, 3.8) is 0 Å². The van der Waals surface area contributed by atoms with Crippen LogP contribution in [0.2, 0.25) is 0 Å². The van der Waals surface area contributed by atoms with Crippen LogP contribution in [-0.4, -0.2) is 48.0 Å². The quantitative estimate of drug-likeness (QED) is 0.857. The monoisotopic (exact) mass is 300 g/mol. The van der Waals surface area contributed by atoms with Crippen LogP contribution in [0.15, 0.2) is 16.9 Å². The average molecular weight is 300 g/mol. The first-order chi connectivity index (χ1) is 9.94. The van der Waals surface area contributed by atoms with Crippen molar-refractivity contribution in [3.8, 4) is 0 Å². The van der Waals surface area contributed by atoms with Crippen molar-refractivity contribution in [2.45, 2.75) is 32.3 Å². The molecule has 0 bridgehead atoms. The Bertz CT molecular complexity index is 551. The maximum atomic E-state index is 12.3. The van der Waals surface area contributed by atoms with Crippen molar-refractivity contribution in [3.05, 3.63) is 33.7 Å². The number of rotatable bonds is 4. The van der Waals surface area contributed by atoms with Gasteiger partial charge in [-0.2, -0.15) is 0 Å². The highest BCUT2D eigenvalue weighted by molar-refractivity contribution is 5.89. The first kappa shape index (κ1) is 15.6. The van der Waals surface area contributed by atoms with Crippen molar-refractivity contribution < 1.29 is 18.3 Å². The number of likely N-dealkylation sites (tertiary alicyclic amines) is 1. The van der Waals surface area contributed by atoms with E-state index in [1.54, 1.807) is 17.9 Å². The Kier molecular flexibility index (Phi) is 5.06. The van der Waals surface area contributed by atoms with E-state index in [-0.39, 0.29) is 23.8 Å². The van der Waals surface area contributed by atoms with E-state index in [2.05, 4.69) is 4.98 Å². The van der Waals surface area contributed by atoms with Crippen LogP contribution in [0.3, 0.4) is 0 Å². The van der Waals surface area contributed by atoms with Gasteiger partial charge in [-0.3, -0.25) is 9.69 Å². The van der Waals surface area contributed by atoms with Crippen molar-refractivity contribution in [2.24, 2.45) is 0 Å². The van der Waals surface area contributed by atoms with Gasteiger partial charge in [0.25, 0.3) is 6.43 Å². The number of nitrogens with zero attached hydrogens (tertiary/aromatic N) is 1. The lowest BCUT2D eigenvalue weighted by atomic mass is 10.1. The van der Waals surface area contributed by atoms with Gasteiger partial charge in [-0.05, 0) is 25.8 Å². The third-order valence-electron chi connectivity index (χ3n) is 3.42. The highest BCUT2D eigenvalue weighted by atomic mass is 19.3. The van der Waals surface area contributed by atoms with Crippen LogP contribution in [-0.2, 0) is 4.74 Å². The number of nitrogens with one attached hydrogen (secondary N) is 1. The molecule has 1 aromatic rings. The number of hydrogen-bond donors (Lipinski definition) is 1.